The Hall–Kier alpha value is -1.02. The monoisotopic (exact) mass is 252 g/mol. The van der Waals surface area contributed by atoms with E-state index in [1.807, 2.05) is 43.3 Å². The summed E-state index contributed by atoms with van der Waals surface area (Å²) >= 11 is 3.29. The molecular formula is C12H13BrO. The van der Waals surface area contributed by atoms with Crippen LogP contribution in [0.25, 0.3) is 0 Å². The summed E-state index contributed by atoms with van der Waals surface area (Å²) in [6.07, 6.45) is 1.89. The number of allylic oxidation sites excluding steroid dienone is 2. The summed E-state index contributed by atoms with van der Waals surface area (Å²) in [7, 11) is 0. The maximum atomic E-state index is 5.55. The van der Waals surface area contributed by atoms with E-state index in [0.717, 1.165) is 15.8 Å². The molecule has 0 atom stereocenters. The summed E-state index contributed by atoms with van der Waals surface area (Å²) < 4.78 is 6.33. The Labute approximate surface area is 93.2 Å². The van der Waals surface area contributed by atoms with Crippen molar-refractivity contribution in [3.05, 3.63) is 58.8 Å². The summed E-state index contributed by atoms with van der Waals surface area (Å²) in [6.45, 7) is 6.26. The number of hydrogen-bond donors (Lipinski definition) is 0. The maximum absolute atomic E-state index is 5.55. The van der Waals surface area contributed by atoms with Crippen LogP contribution < -0.4 is 0 Å². The van der Waals surface area contributed by atoms with Crippen LogP contribution in [0.4, 0.5) is 0 Å². The van der Waals surface area contributed by atoms with Crippen LogP contribution >= 0.6 is 15.9 Å². The van der Waals surface area contributed by atoms with Crippen molar-refractivity contribution in [2.75, 3.05) is 0 Å². The summed E-state index contributed by atoms with van der Waals surface area (Å²) in [5.74, 6) is 0.786. The number of ether oxygens (including phenoxy) is 1. The number of rotatable bonds is 4. The molecule has 2 heteroatoms. The zero-order chi connectivity index (χ0) is 10.4. The summed E-state index contributed by atoms with van der Waals surface area (Å²) in [5.41, 5.74) is 1.15. The Morgan fingerprint density at radius 2 is 2.07 bits per heavy atom. The van der Waals surface area contributed by atoms with Crippen LogP contribution in [0.15, 0.2) is 53.2 Å². The predicted octanol–water partition coefficient (Wildman–Crippen LogP) is 4.02. The number of hydrogen-bond acceptors (Lipinski definition) is 1. The first-order chi connectivity index (χ1) is 6.74. The first-order valence-electron chi connectivity index (χ1n) is 4.42. The standard InChI is InChI=1S/C12H13BrO/c1-3-12(10(2)13)14-9-11-7-5-4-6-8-11/h3-8H,2,9H2,1H3/b12-3+. The molecule has 0 saturated heterocycles. The highest BCUT2D eigenvalue weighted by Gasteiger charge is 1.99. The molecule has 1 aromatic rings. The van der Waals surface area contributed by atoms with E-state index in [-0.39, 0.29) is 0 Å². The minimum atomic E-state index is 0.575. The van der Waals surface area contributed by atoms with Gasteiger partial charge in [-0.3, -0.25) is 0 Å². The van der Waals surface area contributed by atoms with Crippen LogP contribution in [-0.4, -0.2) is 0 Å². The predicted molar refractivity (Wildman–Crippen MR) is 63.1 cm³/mol. The van der Waals surface area contributed by atoms with Gasteiger partial charge in [-0.05, 0) is 34.5 Å². The molecule has 1 nitrogen and oxygen atoms in total. The van der Waals surface area contributed by atoms with Gasteiger partial charge in [0, 0.05) is 0 Å². The van der Waals surface area contributed by atoms with E-state index in [2.05, 4.69) is 22.5 Å². The average molecular weight is 253 g/mol. The molecule has 0 saturated carbocycles. The summed E-state index contributed by atoms with van der Waals surface area (Å²) in [4.78, 5) is 0. The Kier molecular flexibility index (Phi) is 4.47. The van der Waals surface area contributed by atoms with Crippen LogP contribution in [0.1, 0.15) is 12.5 Å². The van der Waals surface area contributed by atoms with Crippen molar-refractivity contribution in [1.29, 1.82) is 0 Å². The second kappa shape index (κ2) is 5.66. The topological polar surface area (TPSA) is 9.23 Å². The lowest BCUT2D eigenvalue weighted by molar-refractivity contribution is 0.210. The van der Waals surface area contributed by atoms with E-state index < -0.39 is 0 Å². The second-order valence-electron chi connectivity index (χ2n) is 2.83. The summed E-state index contributed by atoms with van der Waals surface area (Å²) in [5, 5.41) is 0. The quantitative estimate of drug-likeness (QED) is 0.581. The van der Waals surface area contributed by atoms with Gasteiger partial charge in [-0.15, -0.1) is 0 Å². The molecule has 0 heterocycles. The average Bonchev–Trinajstić information content (AvgIpc) is 2.20. The Bertz CT molecular complexity index is 327. The van der Waals surface area contributed by atoms with E-state index in [0.29, 0.717) is 6.61 Å². The van der Waals surface area contributed by atoms with Crippen molar-refractivity contribution >= 4 is 15.9 Å². The van der Waals surface area contributed by atoms with Gasteiger partial charge >= 0.3 is 0 Å². The van der Waals surface area contributed by atoms with Gasteiger partial charge in [0.2, 0.25) is 0 Å². The van der Waals surface area contributed by atoms with E-state index in [1.165, 1.54) is 0 Å². The van der Waals surface area contributed by atoms with Gasteiger partial charge in [-0.25, -0.2) is 0 Å². The molecule has 1 rings (SSSR count). The maximum Gasteiger partial charge on any atom is 0.129 e. The molecule has 0 radical (unpaired) electrons. The van der Waals surface area contributed by atoms with E-state index >= 15 is 0 Å². The van der Waals surface area contributed by atoms with Crippen molar-refractivity contribution in [3.8, 4) is 0 Å². The fourth-order valence-corrected chi connectivity index (χ4v) is 1.40. The van der Waals surface area contributed by atoms with Crippen LogP contribution in [0.3, 0.4) is 0 Å². The Balaban J connectivity index is 2.53. The van der Waals surface area contributed by atoms with Crippen molar-refractivity contribution in [2.24, 2.45) is 0 Å². The lowest BCUT2D eigenvalue weighted by atomic mass is 10.2. The minimum Gasteiger partial charge on any atom is -0.488 e. The highest BCUT2D eigenvalue weighted by molar-refractivity contribution is 9.11. The van der Waals surface area contributed by atoms with Gasteiger partial charge in [-0.1, -0.05) is 36.9 Å². The fraction of sp³-hybridized carbons (Fsp3) is 0.167. The zero-order valence-corrected chi connectivity index (χ0v) is 9.75. The van der Waals surface area contributed by atoms with Crippen molar-refractivity contribution in [1.82, 2.24) is 0 Å². The van der Waals surface area contributed by atoms with Gasteiger partial charge in [0.05, 0.1) is 4.48 Å². The van der Waals surface area contributed by atoms with E-state index in [4.69, 9.17) is 4.74 Å². The van der Waals surface area contributed by atoms with Gasteiger partial charge in [0.15, 0.2) is 0 Å². The second-order valence-corrected chi connectivity index (χ2v) is 3.79. The fourth-order valence-electron chi connectivity index (χ4n) is 1.05. The molecule has 0 unspecified atom stereocenters. The molecule has 14 heavy (non-hydrogen) atoms. The molecule has 0 aromatic heterocycles. The molecule has 0 aliphatic rings. The van der Waals surface area contributed by atoms with Crippen LogP contribution in [0.5, 0.6) is 0 Å². The molecule has 0 amide bonds. The van der Waals surface area contributed by atoms with Crippen LogP contribution in [0, 0.1) is 0 Å². The molecule has 74 valence electrons. The molecule has 0 N–H and O–H groups in total. The molecule has 0 spiro atoms. The van der Waals surface area contributed by atoms with Crippen molar-refractivity contribution in [2.45, 2.75) is 13.5 Å². The first-order valence-corrected chi connectivity index (χ1v) is 5.21. The highest BCUT2D eigenvalue weighted by atomic mass is 79.9. The third-order valence-electron chi connectivity index (χ3n) is 1.77. The molecule has 1 aromatic carbocycles. The van der Waals surface area contributed by atoms with Crippen LogP contribution in [-0.2, 0) is 11.3 Å². The lowest BCUT2D eigenvalue weighted by Gasteiger charge is -2.08. The Morgan fingerprint density at radius 3 is 2.57 bits per heavy atom. The smallest absolute Gasteiger partial charge is 0.129 e. The summed E-state index contributed by atoms with van der Waals surface area (Å²) in [6, 6.07) is 10.0. The molecule has 0 aliphatic carbocycles. The number of benzene rings is 1. The normalized spacial score (nSPS) is 11.1. The van der Waals surface area contributed by atoms with Gasteiger partial charge in [0.1, 0.15) is 12.4 Å². The zero-order valence-electron chi connectivity index (χ0n) is 8.16. The lowest BCUT2D eigenvalue weighted by Crippen LogP contribution is -1.92. The number of halogens is 1. The van der Waals surface area contributed by atoms with Crippen molar-refractivity contribution in [3.63, 3.8) is 0 Å². The van der Waals surface area contributed by atoms with E-state index in [9.17, 15) is 0 Å². The molecule has 0 bridgehead atoms. The SMILES string of the molecule is C=C(Br)/C(=C\C)OCc1ccccc1. The van der Waals surface area contributed by atoms with Gasteiger partial charge < -0.3 is 4.74 Å². The van der Waals surface area contributed by atoms with Crippen molar-refractivity contribution < 1.29 is 4.74 Å². The third-order valence-corrected chi connectivity index (χ3v) is 2.16. The highest BCUT2D eigenvalue weighted by Crippen LogP contribution is 2.17. The van der Waals surface area contributed by atoms with Gasteiger partial charge in [0.25, 0.3) is 0 Å². The third kappa shape index (κ3) is 3.38. The van der Waals surface area contributed by atoms with Crippen LogP contribution in [0.2, 0.25) is 0 Å². The Morgan fingerprint density at radius 1 is 1.43 bits per heavy atom. The molecule has 0 aliphatic heterocycles. The largest absolute Gasteiger partial charge is 0.488 e. The van der Waals surface area contributed by atoms with E-state index in [1.54, 1.807) is 0 Å². The molecule has 0 fully saturated rings. The first kappa shape index (κ1) is 11.1. The molecular weight excluding hydrogens is 240 g/mol. The van der Waals surface area contributed by atoms with Gasteiger partial charge in [-0.2, -0.15) is 0 Å². The minimum absolute atomic E-state index is 0.575.